The fourth-order valence-electron chi connectivity index (χ4n) is 2.03. The molecule has 0 saturated carbocycles. The first-order valence-electron chi connectivity index (χ1n) is 6.80. The molecule has 2 atom stereocenters. The predicted molar refractivity (Wildman–Crippen MR) is 77.6 cm³/mol. The number of rotatable bonds is 3. The van der Waals surface area contributed by atoms with Gasteiger partial charge in [0.25, 0.3) is 0 Å². The van der Waals surface area contributed by atoms with Crippen LogP contribution in [0.4, 0.5) is 0 Å². The van der Waals surface area contributed by atoms with Gasteiger partial charge in [0, 0.05) is 12.5 Å². The summed E-state index contributed by atoms with van der Waals surface area (Å²) in [5.74, 6) is 0.149. The minimum Gasteiger partial charge on any atom is -0.476 e. The standard InChI is InChI=1S/C16H21NO3/c1-11(18)20-14(12-8-6-5-7-9-12)15-17-13(10-19-15)16(2,3)4/h5-9,13-14H,10H2,1-4H3/t13-,14+/m1/s1. The summed E-state index contributed by atoms with van der Waals surface area (Å²) in [6.45, 7) is 8.29. The van der Waals surface area contributed by atoms with Gasteiger partial charge < -0.3 is 9.47 Å². The Morgan fingerprint density at radius 1 is 1.35 bits per heavy atom. The molecule has 0 unspecified atom stereocenters. The number of nitrogens with zero attached hydrogens (tertiary/aromatic N) is 1. The Balaban J connectivity index is 2.27. The van der Waals surface area contributed by atoms with Gasteiger partial charge in [0.1, 0.15) is 6.61 Å². The van der Waals surface area contributed by atoms with E-state index in [1.807, 2.05) is 30.3 Å². The molecule has 0 radical (unpaired) electrons. The number of hydrogen-bond donors (Lipinski definition) is 0. The number of carbonyl (C=O) groups excluding carboxylic acids is 1. The molecule has 0 fully saturated rings. The molecule has 1 heterocycles. The molecule has 4 nitrogen and oxygen atoms in total. The van der Waals surface area contributed by atoms with Crippen molar-refractivity contribution in [2.24, 2.45) is 10.4 Å². The molecule has 0 bridgehead atoms. The van der Waals surface area contributed by atoms with E-state index >= 15 is 0 Å². The van der Waals surface area contributed by atoms with E-state index in [4.69, 9.17) is 9.47 Å². The lowest BCUT2D eigenvalue weighted by atomic mass is 9.88. The van der Waals surface area contributed by atoms with Crippen LogP contribution in [0.15, 0.2) is 35.3 Å². The minimum atomic E-state index is -0.555. The Bertz CT molecular complexity index is 502. The van der Waals surface area contributed by atoms with Crippen LogP contribution < -0.4 is 0 Å². The van der Waals surface area contributed by atoms with Crippen LogP contribution in [0, 0.1) is 5.41 Å². The second-order valence-corrected chi connectivity index (χ2v) is 6.06. The molecule has 2 rings (SSSR count). The molecule has 4 heteroatoms. The van der Waals surface area contributed by atoms with Crippen LogP contribution in [0.2, 0.25) is 0 Å². The Morgan fingerprint density at radius 2 is 2.00 bits per heavy atom. The number of carbonyl (C=O) groups is 1. The van der Waals surface area contributed by atoms with Gasteiger partial charge in [-0.3, -0.25) is 4.79 Å². The molecule has 0 amide bonds. The van der Waals surface area contributed by atoms with Gasteiger partial charge in [-0.15, -0.1) is 0 Å². The zero-order valence-corrected chi connectivity index (χ0v) is 12.4. The first-order chi connectivity index (χ1) is 9.38. The van der Waals surface area contributed by atoms with Crippen molar-refractivity contribution in [1.29, 1.82) is 0 Å². The second-order valence-electron chi connectivity index (χ2n) is 6.06. The van der Waals surface area contributed by atoms with Crippen molar-refractivity contribution in [3.63, 3.8) is 0 Å². The van der Waals surface area contributed by atoms with Gasteiger partial charge in [0.05, 0.1) is 6.04 Å². The van der Waals surface area contributed by atoms with Gasteiger partial charge in [-0.25, -0.2) is 4.99 Å². The summed E-state index contributed by atoms with van der Waals surface area (Å²) in [6, 6.07) is 9.63. The van der Waals surface area contributed by atoms with Crippen LogP contribution in [0.5, 0.6) is 0 Å². The first kappa shape index (κ1) is 14.6. The lowest BCUT2D eigenvalue weighted by Crippen LogP contribution is -2.25. The first-order valence-corrected chi connectivity index (χ1v) is 6.80. The van der Waals surface area contributed by atoms with Crippen molar-refractivity contribution in [2.75, 3.05) is 6.61 Å². The molecule has 0 saturated heterocycles. The highest BCUT2D eigenvalue weighted by atomic mass is 16.6. The minimum absolute atomic E-state index is 0.0270. The van der Waals surface area contributed by atoms with Crippen molar-refractivity contribution in [2.45, 2.75) is 39.8 Å². The van der Waals surface area contributed by atoms with Gasteiger partial charge >= 0.3 is 5.97 Å². The van der Waals surface area contributed by atoms with Crippen LogP contribution in [0.3, 0.4) is 0 Å². The quantitative estimate of drug-likeness (QED) is 0.796. The highest BCUT2D eigenvalue weighted by Gasteiger charge is 2.34. The number of aliphatic imine (C=N–C) groups is 1. The van der Waals surface area contributed by atoms with E-state index in [1.165, 1.54) is 6.92 Å². The van der Waals surface area contributed by atoms with Crippen molar-refractivity contribution in [3.8, 4) is 0 Å². The molecular weight excluding hydrogens is 254 g/mol. The normalized spacial score (nSPS) is 20.0. The van der Waals surface area contributed by atoms with E-state index in [1.54, 1.807) is 0 Å². The Labute approximate surface area is 119 Å². The third-order valence-corrected chi connectivity index (χ3v) is 3.28. The van der Waals surface area contributed by atoms with Crippen LogP contribution in [0.25, 0.3) is 0 Å². The third kappa shape index (κ3) is 3.38. The van der Waals surface area contributed by atoms with Gasteiger partial charge in [-0.1, -0.05) is 51.1 Å². The SMILES string of the molecule is CC(=O)O[C@H](C1=N[C@@H](C(C)(C)C)CO1)c1ccccc1. The molecule has 1 aliphatic heterocycles. The van der Waals surface area contributed by atoms with Gasteiger partial charge in [0.2, 0.25) is 12.0 Å². The van der Waals surface area contributed by atoms with E-state index in [0.717, 1.165) is 5.56 Å². The highest BCUT2D eigenvalue weighted by Crippen LogP contribution is 2.30. The summed E-state index contributed by atoms with van der Waals surface area (Å²) in [5, 5.41) is 0. The van der Waals surface area contributed by atoms with E-state index in [9.17, 15) is 4.79 Å². The molecule has 0 spiro atoms. The molecule has 1 aromatic rings. The maximum Gasteiger partial charge on any atom is 0.303 e. The molecular formula is C16H21NO3. The van der Waals surface area contributed by atoms with Gasteiger partial charge in [-0.05, 0) is 5.41 Å². The second kappa shape index (κ2) is 5.65. The van der Waals surface area contributed by atoms with Crippen LogP contribution in [-0.4, -0.2) is 24.5 Å². The van der Waals surface area contributed by atoms with Gasteiger partial charge in [-0.2, -0.15) is 0 Å². The topological polar surface area (TPSA) is 47.9 Å². The largest absolute Gasteiger partial charge is 0.476 e. The van der Waals surface area contributed by atoms with E-state index in [0.29, 0.717) is 12.5 Å². The van der Waals surface area contributed by atoms with Crippen molar-refractivity contribution in [1.82, 2.24) is 0 Å². The smallest absolute Gasteiger partial charge is 0.303 e. The van der Waals surface area contributed by atoms with Crippen molar-refractivity contribution >= 4 is 11.9 Å². The summed E-state index contributed by atoms with van der Waals surface area (Å²) in [6.07, 6.45) is -0.555. The summed E-state index contributed by atoms with van der Waals surface area (Å²) in [4.78, 5) is 15.9. The Morgan fingerprint density at radius 3 is 2.50 bits per heavy atom. The summed E-state index contributed by atoms with van der Waals surface area (Å²) in [7, 11) is 0. The lowest BCUT2D eigenvalue weighted by molar-refractivity contribution is -0.144. The van der Waals surface area contributed by atoms with E-state index < -0.39 is 6.10 Å². The van der Waals surface area contributed by atoms with Crippen LogP contribution in [0.1, 0.15) is 39.4 Å². The molecule has 0 N–H and O–H groups in total. The number of ether oxygens (including phenoxy) is 2. The average molecular weight is 275 g/mol. The van der Waals surface area contributed by atoms with E-state index in [2.05, 4.69) is 25.8 Å². The molecule has 1 aliphatic rings. The monoisotopic (exact) mass is 275 g/mol. The Hall–Kier alpha value is -1.84. The van der Waals surface area contributed by atoms with Crippen molar-refractivity contribution in [3.05, 3.63) is 35.9 Å². The maximum atomic E-state index is 11.3. The Kier molecular flexibility index (Phi) is 4.12. The number of benzene rings is 1. The predicted octanol–water partition coefficient (Wildman–Crippen LogP) is 3.13. The molecule has 0 aromatic heterocycles. The summed E-state index contributed by atoms with van der Waals surface area (Å²) in [5.41, 5.74) is 0.898. The van der Waals surface area contributed by atoms with Gasteiger partial charge in [0.15, 0.2) is 0 Å². The average Bonchev–Trinajstić information content (AvgIpc) is 2.86. The van der Waals surface area contributed by atoms with E-state index in [-0.39, 0.29) is 17.4 Å². The summed E-state index contributed by atoms with van der Waals surface area (Å²) < 4.78 is 11.1. The zero-order valence-electron chi connectivity index (χ0n) is 12.4. The fourth-order valence-corrected chi connectivity index (χ4v) is 2.03. The maximum absolute atomic E-state index is 11.3. The molecule has 108 valence electrons. The molecule has 1 aromatic carbocycles. The molecule has 20 heavy (non-hydrogen) atoms. The molecule has 0 aliphatic carbocycles. The zero-order chi connectivity index (χ0) is 14.8. The lowest BCUT2D eigenvalue weighted by Gasteiger charge is -2.21. The third-order valence-electron chi connectivity index (χ3n) is 3.28. The number of esters is 1. The van der Waals surface area contributed by atoms with Crippen molar-refractivity contribution < 1.29 is 14.3 Å². The highest BCUT2D eigenvalue weighted by molar-refractivity contribution is 5.86. The fraction of sp³-hybridized carbons (Fsp3) is 0.500. The van der Waals surface area contributed by atoms with Crippen LogP contribution in [-0.2, 0) is 14.3 Å². The van der Waals surface area contributed by atoms with Crippen LogP contribution >= 0.6 is 0 Å². The summed E-state index contributed by atoms with van der Waals surface area (Å²) >= 11 is 0. The number of hydrogen-bond acceptors (Lipinski definition) is 4.